The summed E-state index contributed by atoms with van der Waals surface area (Å²) in [5, 5.41) is 2.93. The van der Waals surface area contributed by atoms with Crippen molar-refractivity contribution in [3.05, 3.63) is 0 Å². The minimum absolute atomic E-state index is 0.0908. The Balaban J connectivity index is 1.85. The molecule has 0 spiro atoms. The van der Waals surface area contributed by atoms with Gasteiger partial charge in [-0.25, -0.2) is 30.7 Å². The van der Waals surface area contributed by atoms with Crippen molar-refractivity contribution in [2.75, 3.05) is 45.2 Å². The number of rotatable bonds is 5. The highest BCUT2D eigenvalue weighted by atomic mass is 32.2. The van der Waals surface area contributed by atoms with Crippen molar-refractivity contribution in [2.24, 2.45) is 5.92 Å². The van der Waals surface area contributed by atoms with Gasteiger partial charge >= 0.3 is 6.03 Å². The number of likely N-dealkylation sites (tertiary alicyclic amines) is 1. The van der Waals surface area contributed by atoms with Crippen LogP contribution in [0.4, 0.5) is 4.79 Å². The molecule has 0 bridgehead atoms. The fourth-order valence-corrected chi connectivity index (χ4v) is 4.76. The highest BCUT2D eigenvalue weighted by Crippen LogP contribution is 2.17. The van der Waals surface area contributed by atoms with Crippen molar-refractivity contribution in [3.63, 3.8) is 0 Å². The normalized spacial score (nSPS) is 26.4. The van der Waals surface area contributed by atoms with Gasteiger partial charge in [0.25, 0.3) is 0 Å². The molecule has 2 atom stereocenters. The predicted octanol–water partition coefficient (Wildman–Crippen LogP) is -0.619. The van der Waals surface area contributed by atoms with Crippen LogP contribution in [-0.4, -0.2) is 83.3 Å². The second kappa shape index (κ2) is 8.19. The molecule has 0 aliphatic carbocycles. The molecule has 9 nitrogen and oxygen atoms in total. The summed E-state index contributed by atoms with van der Waals surface area (Å²) in [6, 6.07) is -0.394. The molecular formula is C14H28N4O5S2. The maximum Gasteiger partial charge on any atom is 0.317 e. The van der Waals surface area contributed by atoms with E-state index in [2.05, 4.69) is 10.0 Å². The van der Waals surface area contributed by atoms with Gasteiger partial charge in [-0.1, -0.05) is 0 Å². The van der Waals surface area contributed by atoms with Gasteiger partial charge < -0.3 is 10.2 Å². The Hall–Kier alpha value is -0.910. The van der Waals surface area contributed by atoms with E-state index in [1.165, 1.54) is 10.6 Å². The molecule has 0 aromatic heterocycles. The Morgan fingerprint density at radius 2 is 1.72 bits per heavy atom. The van der Waals surface area contributed by atoms with Crippen LogP contribution in [0, 0.1) is 5.92 Å². The van der Waals surface area contributed by atoms with Crippen LogP contribution in [0.1, 0.15) is 25.7 Å². The molecule has 2 fully saturated rings. The molecule has 2 unspecified atom stereocenters. The summed E-state index contributed by atoms with van der Waals surface area (Å²) in [4.78, 5) is 14.2. The molecule has 2 aliphatic heterocycles. The SMILES string of the molecule is CS(=O)(=O)NCC1CCCN(C(=O)NC2CCCN(S(C)(=O)=O)C2)C1. The fraction of sp³-hybridized carbons (Fsp3) is 0.929. The van der Waals surface area contributed by atoms with Gasteiger partial charge in [0.1, 0.15) is 0 Å². The molecule has 2 heterocycles. The molecule has 2 rings (SSSR count). The number of hydrogen-bond acceptors (Lipinski definition) is 5. The van der Waals surface area contributed by atoms with Crippen LogP contribution >= 0.6 is 0 Å². The van der Waals surface area contributed by atoms with Crippen molar-refractivity contribution < 1.29 is 21.6 Å². The predicted molar refractivity (Wildman–Crippen MR) is 95.1 cm³/mol. The average Bonchev–Trinajstić information content (AvgIpc) is 2.52. The number of hydrogen-bond donors (Lipinski definition) is 2. The number of urea groups is 1. The molecule has 11 heteroatoms. The fourth-order valence-electron chi connectivity index (χ4n) is 3.31. The number of amides is 2. The van der Waals surface area contributed by atoms with Crippen LogP contribution < -0.4 is 10.0 Å². The largest absolute Gasteiger partial charge is 0.334 e. The lowest BCUT2D eigenvalue weighted by atomic mass is 9.98. The first kappa shape index (κ1) is 20.4. The van der Waals surface area contributed by atoms with Gasteiger partial charge in [-0.05, 0) is 31.6 Å². The molecule has 0 radical (unpaired) electrons. The summed E-state index contributed by atoms with van der Waals surface area (Å²) in [6.45, 7) is 2.25. The van der Waals surface area contributed by atoms with Crippen molar-refractivity contribution in [2.45, 2.75) is 31.7 Å². The monoisotopic (exact) mass is 396 g/mol. The number of carbonyl (C=O) groups is 1. The summed E-state index contributed by atoms with van der Waals surface area (Å²) < 4.78 is 49.6. The summed E-state index contributed by atoms with van der Waals surface area (Å²) in [5.41, 5.74) is 0. The van der Waals surface area contributed by atoms with E-state index in [0.717, 1.165) is 31.9 Å². The first-order valence-corrected chi connectivity index (χ1v) is 12.2. The third kappa shape index (κ3) is 6.72. The molecule has 0 saturated carbocycles. The van der Waals surface area contributed by atoms with E-state index < -0.39 is 20.0 Å². The quantitative estimate of drug-likeness (QED) is 0.643. The van der Waals surface area contributed by atoms with Crippen LogP contribution in [0.5, 0.6) is 0 Å². The first-order chi connectivity index (χ1) is 11.5. The van der Waals surface area contributed by atoms with Crippen molar-refractivity contribution in [1.29, 1.82) is 0 Å². The summed E-state index contributed by atoms with van der Waals surface area (Å²) in [5.74, 6) is 0.0908. The van der Waals surface area contributed by atoms with Crippen molar-refractivity contribution in [1.82, 2.24) is 19.2 Å². The van der Waals surface area contributed by atoms with Crippen LogP contribution in [-0.2, 0) is 20.0 Å². The second-order valence-corrected chi connectivity index (χ2v) is 10.8. The van der Waals surface area contributed by atoms with Crippen LogP contribution in [0.2, 0.25) is 0 Å². The minimum Gasteiger partial charge on any atom is -0.334 e. The van der Waals surface area contributed by atoms with Gasteiger partial charge in [0.05, 0.1) is 12.5 Å². The maximum absolute atomic E-state index is 12.5. The molecule has 25 heavy (non-hydrogen) atoms. The van der Waals surface area contributed by atoms with E-state index in [1.54, 1.807) is 4.90 Å². The Labute approximate surface area is 150 Å². The van der Waals surface area contributed by atoms with Gasteiger partial charge in [0, 0.05) is 38.8 Å². The summed E-state index contributed by atoms with van der Waals surface area (Å²) in [7, 11) is -6.48. The lowest BCUT2D eigenvalue weighted by Crippen LogP contribution is -2.54. The minimum atomic E-state index is -3.25. The van der Waals surface area contributed by atoms with E-state index in [0.29, 0.717) is 32.7 Å². The average molecular weight is 397 g/mol. The van der Waals surface area contributed by atoms with Crippen molar-refractivity contribution >= 4 is 26.1 Å². The number of nitrogens with one attached hydrogen (secondary N) is 2. The molecule has 0 aromatic rings. The van der Waals surface area contributed by atoms with Gasteiger partial charge in [-0.15, -0.1) is 0 Å². The Bertz CT molecular complexity index is 679. The smallest absolute Gasteiger partial charge is 0.317 e. The Morgan fingerprint density at radius 1 is 1.04 bits per heavy atom. The lowest BCUT2D eigenvalue weighted by Gasteiger charge is -2.36. The Kier molecular flexibility index (Phi) is 6.68. The molecule has 0 aromatic carbocycles. The topological polar surface area (TPSA) is 116 Å². The van der Waals surface area contributed by atoms with E-state index in [4.69, 9.17) is 0 Å². The van der Waals surface area contributed by atoms with Crippen molar-refractivity contribution in [3.8, 4) is 0 Å². The third-order valence-electron chi connectivity index (χ3n) is 4.62. The van der Waals surface area contributed by atoms with Gasteiger partial charge in [0.2, 0.25) is 20.0 Å². The zero-order valence-electron chi connectivity index (χ0n) is 14.8. The van der Waals surface area contributed by atoms with Crippen LogP contribution in [0.3, 0.4) is 0 Å². The van der Waals surface area contributed by atoms with Crippen LogP contribution in [0.25, 0.3) is 0 Å². The van der Waals surface area contributed by atoms with E-state index >= 15 is 0 Å². The summed E-state index contributed by atoms with van der Waals surface area (Å²) in [6.07, 6.45) is 5.48. The molecular weight excluding hydrogens is 368 g/mol. The highest BCUT2D eigenvalue weighted by Gasteiger charge is 2.29. The number of sulfonamides is 2. The highest BCUT2D eigenvalue weighted by molar-refractivity contribution is 7.88. The first-order valence-electron chi connectivity index (χ1n) is 8.50. The number of carbonyl (C=O) groups excluding carboxylic acids is 1. The molecule has 2 aliphatic rings. The van der Waals surface area contributed by atoms with Gasteiger partial charge in [-0.2, -0.15) is 0 Å². The number of piperidine rings is 2. The van der Waals surface area contributed by atoms with E-state index in [9.17, 15) is 21.6 Å². The van der Waals surface area contributed by atoms with E-state index in [1.807, 2.05) is 0 Å². The third-order valence-corrected chi connectivity index (χ3v) is 6.58. The Morgan fingerprint density at radius 3 is 2.36 bits per heavy atom. The van der Waals surface area contributed by atoms with Crippen LogP contribution in [0.15, 0.2) is 0 Å². The lowest BCUT2D eigenvalue weighted by molar-refractivity contribution is 0.158. The molecule has 146 valence electrons. The number of nitrogens with zero attached hydrogens (tertiary/aromatic N) is 2. The standard InChI is InChI=1S/C14H28N4O5S2/c1-24(20,21)15-9-12-5-3-7-17(10-12)14(19)16-13-6-4-8-18(11-13)25(2,22)23/h12-13,15H,3-11H2,1-2H3,(H,16,19). The van der Waals surface area contributed by atoms with Gasteiger partial charge in [0.15, 0.2) is 0 Å². The second-order valence-electron chi connectivity index (χ2n) is 6.98. The zero-order chi connectivity index (χ0) is 18.7. The van der Waals surface area contributed by atoms with E-state index in [-0.39, 0.29) is 18.0 Å². The van der Waals surface area contributed by atoms with Gasteiger partial charge in [-0.3, -0.25) is 0 Å². The molecule has 2 N–H and O–H groups in total. The molecule has 2 amide bonds. The zero-order valence-corrected chi connectivity index (χ0v) is 16.4. The summed E-state index contributed by atoms with van der Waals surface area (Å²) >= 11 is 0. The molecule has 2 saturated heterocycles. The maximum atomic E-state index is 12.5.